The molecule has 58 valence electrons. The normalized spacial score (nSPS) is 26.5. The smallest absolute Gasteiger partial charge is 0.190 e. The average molecular weight is 143 g/mol. The average Bonchev–Trinajstić information content (AvgIpc) is 1.88. The zero-order chi connectivity index (χ0) is 7.56. The minimum Gasteiger partial charge on any atom is -0.374 e. The van der Waals surface area contributed by atoms with E-state index in [0.717, 1.165) is 25.8 Å². The van der Waals surface area contributed by atoms with E-state index in [2.05, 4.69) is 0 Å². The molecule has 1 saturated heterocycles. The minimum absolute atomic E-state index is 0.0211. The van der Waals surface area contributed by atoms with Crippen molar-refractivity contribution in [2.75, 3.05) is 6.54 Å². The van der Waals surface area contributed by atoms with Crippen LogP contribution in [0.25, 0.3) is 0 Å². The first-order chi connectivity index (χ1) is 4.72. The van der Waals surface area contributed by atoms with E-state index in [-0.39, 0.29) is 5.96 Å². The molecule has 4 N–H and O–H groups in total. The molecule has 0 aromatic heterocycles. The van der Waals surface area contributed by atoms with Crippen molar-refractivity contribution in [2.24, 2.45) is 5.73 Å². The molecule has 1 rings (SSSR count). The van der Waals surface area contributed by atoms with Crippen molar-refractivity contribution in [3.8, 4) is 0 Å². The zero-order valence-electron chi connectivity index (χ0n) is 5.88. The summed E-state index contributed by atoms with van der Waals surface area (Å²) in [4.78, 5) is 1.52. The Morgan fingerprint density at radius 1 is 1.60 bits per heavy atom. The number of aliphatic hydroxyl groups excluding tert-OH is 1. The SMILES string of the molecule is N=C(N)N1CCCCC1O. The van der Waals surface area contributed by atoms with Crippen LogP contribution in [0.4, 0.5) is 0 Å². The van der Waals surface area contributed by atoms with Crippen LogP contribution < -0.4 is 5.73 Å². The van der Waals surface area contributed by atoms with Gasteiger partial charge in [0, 0.05) is 6.54 Å². The van der Waals surface area contributed by atoms with E-state index in [0.29, 0.717) is 0 Å². The first-order valence-corrected chi connectivity index (χ1v) is 3.50. The summed E-state index contributed by atoms with van der Waals surface area (Å²) in [7, 11) is 0. The van der Waals surface area contributed by atoms with Crippen LogP contribution in [0.2, 0.25) is 0 Å². The maximum atomic E-state index is 9.24. The van der Waals surface area contributed by atoms with Gasteiger partial charge in [-0.3, -0.25) is 5.41 Å². The lowest BCUT2D eigenvalue weighted by molar-refractivity contribution is 0.0224. The Balaban J connectivity index is 2.47. The molecule has 0 saturated carbocycles. The van der Waals surface area contributed by atoms with Crippen LogP contribution in [0.5, 0.6) is 0 Å². The first kappa shape index (κ1) is 7.34. The molecular weight excluding hydrogens is 130 g/mol. The molecule has 1 atom stereocenters. The van der Waals surface area contributed by atoms with Crippen molar-refractivity contribution < 1.29 is 5.11 Å². The molecule has 4 nitrogen and oxygen atoms in total. The largest absolute Gasteiger partial charge is 0.374 e. The predicted molar refractivity (Wildman–Crippen MR) is 38.5 cm³/mol. The van der Waals surface area contributed by atoms with Crippen molar-refractivity contribution in [1.82, 2.24) is 4.90 Å². The summed E-state index contributed by atoms with van der Waals surface area (Å²) < 4.78 is 0. The van der Waals surface area contributed by atoms with Gasteiger partial charge in [-0.2, -0.15) is 0 Å². The zero-order valence-corrected chi connectivity index (χ0v) is 5.88. The van der Waals surface area contributed by atoms with Crippen LogP contribution in [-0.4, -0.2) is 28.7 Å². The molecular formula is C6H13N3O. The summed E-state index contributed by atoms with van der Waals surface area (Å²) in [5.74, 6) is -0.0211. The van der Waals surface area contributed by atoms with Crippen molar-refractivity contribution >= 4 is 5.96 Å². The number of nitrogens with two attached hydrogens (primary N) is 1. The summed E-state index contributed by atoms with van der Waals surface area (Å²) in [5.41, 5.74) is 5.21. The second-order valence-corrected chi connectivity index (χ2v) is 2.56. The fraction of sp³-hybridized carbons (Fsp3) is 0.833. The van der Waals surface area contributed by atoms with Crippen molar-refractivity contribution in [3.05, 3.63) is 0 Å². The lowest BCUT2D eigenvalue weighted by Gasteiger charge is -2.31. The maximum Gasteiger partial charge on any atom is 0.190 e. The van der Waals surface area contributed by atoms with E-state index in [1.54, 1.807) is 0 Å². The second-order valence-electron chi connectivity index (χ2n) is 2.56. The Hall–Kier alpha value is -0.770. The van der Waals surface area contributed by atoms with Gasteiger partial charge < -0.3 is 15.7 Å². The Morgan fingerprint density at radius 3 is 2.70 bits per heavy atom. The maximum absolute atomic E-state index is 9.24. The van der Waals surface area contributed by atoms with Gasteiger partial charge in [-0.15, -0.1) is 0 Å². The number of rotatable bonds is 0. The number of nitrogens with zero attached hydrogens (tertiary/aromatic N) is 1. The number of guanidine groups is 1. The van der Waals surface area contributed by atoms with Crippen LogP contribution in [0, 0.1) is 5.41 Å². The van der Waals surface area contributed by atoms with Gasteiger partial charge in [0.15, 0.2) is 5.96 Å². The molecule has 0 spiro atoms. The molecule has 0 radical (unpaired) electrons. The Labute approximate surface area is 60.1 Å². The highest BCUT2D eigenvalue weighted by Gasteiger charge is 2.19. The van der Waals surface area contributed by atoms with Gasteiger partial charge in [-0.1, -0.05) is 0 Å². The number of aliphatic hydroxyl groups is 1. The third-order valence-electron chi connectivity index (χ3n) is 1.78. The number of nitrogens with one attached hydrogen (secondary N) is 1. The monoisotopic (exact) mass is 143 g/mol. The third-order valence-corrected chi connectivity index (χ3v) is 1.78. The summed E-state index contributed by atoms with van der Waals surface area (Å²) in [5, 5.41) is 16.3. The standard InChI is InChI=1S/C6H13N3O/c7-6(8)9-4-2-1-3-5(9)10/h5,10H,1-4H2,(H3,7,8). The Bertz CT molecular complexity index is 137. The topological polar surface area (TPSA) is 73.3 Å². The van der Waals surface area contributed by atoms with Gasteiger partial charge >= 0.3 is 0 Å². The second kappa shape index (κ2) is 2.88. The molecule has 4 heteroatoms. The molecule has 0 aromatic rings. The molecule has 0 amide bonds. The van der Waals surface area contributed by atoms with Crippen molar-refractivity contribution in [2.45, 2.75) is 25.5 Å². The van der Waals surface area contributed by atoms with Gasteiger partial charge in [0.1, 0.15) is 6.23 Å². The molecule has 0 bridgehead atoms. The van der Waals surface area contributed by atoms with Gasteiger partial charge in [-0.05, 0) is 19.3 Å². The van der Waals surface area contributed by atoms with E-state index >= 15 is 0 Å². The number of likely N-dealkylation sites (tertiary alicyclic amines) is 1. The number of hydrogen-bond acceptors (Lipinski definition) is 2. The Kier molecular flexibility index (Phi) is 2.11. The van der Waals surface area contributed by atoms with E-state index in [4.69, 9.17) is 11.1 Å². The summed E-state index contributed by atoms with van der Waals surface area (Å²) >= 11 is 0. The quantitative estimate of drug-likeness (QED) is 0.321. The van der Waals surface area contributed by atoms with E-state index in [1.165, 1.54) is 4.90 Å². The molecule has 1 fully saturated rings. The molecule has 1 aliphatic heterocycles. The fourth-order valence-corrected chi connectivity index (χ4v) is 1.19. The highest BCUT2D eigenvalue weighted by Crippen LogP contribution is 2.13. The lowest BCUT2D eigenvalue weighted by atomic mass is 10.1. The van der Waals surface area contributed by atoms with Crippen LogP contribution >= 0.6 is 0 Å². The lowest BCUT2D eigenvalue weighted by Crippen LogP contribution is -2.46. The summed E-state index contributed by atoms with van der Waals surface area (Å²) in [6.07, 6.45) is 2.27. The van der Waals surface area contributed by atoms with Crippen molar-refractivity contribution in [3.63, 3.8) is 0 Å². The van der Waals surface area contributed by atoms with Crippen molar-refractivity contribution in [1.29, 1.82) is 5.41 Å². The van der Waals surface area contributed by atoms with E-state index in [9.17, 15) is 5.11 Å². The highest BCUT2D eigenvalue weighted by molar-refractivity contribution is 5.74. The third kappa shape index (κ3) is 1.39. The van der Waals surface area contributed by atoms with Gasteiger partial charge in [0.25, 0.3) is 0 Å². The molecule has 1 aliphatic rings. The Morgan fingerprint density at radius 2 is 2.30 bits per heavy atom. The van der Waals surface area contributed by atoms with Crippen LogP contribution in [0.3, 0.4) is 0 Å². The fourth-order valence-electron chi connectivity index (χ4n) is 1.19. The number of hydrogen-bond donors (Lipinski definition) is 3. The van der Waals surface area contributed by atoms with Gasteiger partial charge in [0.2, 0.25) is 0 Å². The first-order valence-electron chi connectivity index (χ1n) is 3.50. The summed E-state index contributed by atoms with van der Waals surface area (Å²) in [6.45, 7) is 0.719. The molecule has 10 heavy (non-hydrogen) atoms. The van der Waals surface area contributed by atoms with Crippen LogP contribution in [0.15, 0.2) is 0 Å². The highest BCUT2D eigenvalue weighted by atomic mass is 16.3. The predicted octanol–water partition coefficient (Wildman–Crippen LogP) is -0.316. The molecule has 0 aromatic carbocycles. The number of piperidine rings is 1. The summed E-state index contributed by atoms with van der Waals surface area (Å²) in [6, 6.07) is 0. The molecule has 1 unspecified atom stereocenters. The molecule has 0 aliphatic carbocycles. The van der Waals surface area contributed by atoms with Gasteiger partial charge in [-0.25, -0.2) is 0 Å². The van der Waals surface area contributed by atoms with Crippen LogP contribution in [-0.2, 0) is 0 Å². The molecule has 1 heterocycles. The van der Waals surface area contributed by atoms with Crippen LogP contribution in [0.1, 0.15) is 19.3 Å². The minimum atomic E-state index is -0.522. The van der Waals surface area contributed by atoms with E-state index in [1.807, 2.05) is 0 Å². The van der Waals surface area contributed by atoms with E-state index < -0.39 is 6.23 Å². The van der Waals surface area contributed by atoms with Gasteiger partial charge in [0.05, 0.1) is 0 Å².